The lowest BCUT2D eigenvalue weighted by atomic mass is 9.99. The van der Waals surface area contributed by atoms with E-state index in [0.29, 0.717) is 37.1 Å². The van der Waals surface area contributed by atoms with E-state index in [1.165, 1.54) is 0 Å². The Morgan fingerprint density at radius 2 is 1.84 bits per heavy atom. The van der Waals surface area contributed by atoms with Crippen molar-refractivity contribution in [3.05, 3.63) is 23.3 Å². The molecular weight excluding hydrogens is 335 g/mol. The molecule has 140 valence electrons. The molecule has 8 heteroatoms. The first-order valence-electron chi connectivity index (χ1n) is 8.21. The summed E-state index contributed by atoms with van der Waals surface area (Å²) in [5, 5.41) is 3.07. The van der Waals surface area contributed by atoms with Crippen LogP contribution in [0.15, 0.2) is 17.1 Å². The number of rotatable bonds is 5. The van der Waals surface area contributed by atoms with Gasteiger partial charge in [-0.05, 0) is 36.6 Å². The standard InChI is InChI=1S/C17H24F3N3O2/c1-4-21-16(22-7-6-17(18,19)20)23-8-5-12-9-14(24-2)15(25-3)10-13(12)11-23/h9-10H,4-8,11H2,1-3H3,(H,21,22). The number of fused-ring (bicyclic) bond motifs is 1. The number of nitrogens with one attached hydrogen (secondary N) is 1. The molecule has 1 heterocycles. The number of benzene rings is 1. The summed E-state index contributed by atoms with van der Waals surface area (Å²) in [5.41, 5.74) is 2.21. The number of ether oxygens (including phenoxy) is 2. The molecule has 0 spiro atoms. The van der Waals surface area contributed by atoms with Gasteiger partial charge < -0.3 is 19.7 Å². The van der Waals surface area contributed by atoms with E-state index in [2.05, 4.69) is 10.3 Å². The van der Waals surface area contributed by atoms with Crippen LogP contribution in [0.25, 0.3) is 0 Å². The van der Waals surface area contributed by atoms with Gasteiger partial charge in [-0.3, -0.25) is 4.99 Å². The maximum Gasteiger partial charge on any atom is 0.390 e. The summed E-state index contributed by atoms with van der Waals surface area (Å²) in [7, 11) is 3.17. The molecule has 0 unspecified atom stereocenters. The summed E-state index contributed by atoms with van der Waals surface area (Å²) in [6, 6.07) is 3.87. The van der Waals surface area contributed by atoms with E-state index in [0.717, 1.165) is 17.5 Å². The Kier molecular flexibility index (Phi) is 6.39. The lowest BCUT2D eigenvalue weighted by molar-refractivity contribution is -0.132. The van der Waals surface area contributed by atoms with Gasteiger partial charge in [0.15, 0.2) is 17.5 Å². The monoisotopic (exact) mass is 359 g/mol. The highest BCUT2D eigenvalue weighted by molar-refractivity contribution is 5.80. The first-order valence-corrected chi connectivity index (χ1v) is 8.21. The Morgan fingerprint density at radius 3 is 2.40 bits per heavy atom. The number of hydrogen-bond acceptors (Lipinski definition) is 3. The Morgan fingerprint density at radius 1 is 1.20 bits per heavy atom. The molecule has 1 aromatic rings. The van der Waals surface area contributed by atoms with Crippen LogP contribution in [0.3, 0.4) is 0 Å². The molecule has 0 fully saturated rings. The third-order valence-electron chi connectivity index (χ3n) is 4.01. The summed E-state index contributed by atoms with van der Waals surface area (Å²) >= 11 is 0. The quantitative estimate of drug-likeness (QED) is 0.649. The molecule has 1 aliphatic rings. The van der Waals surface area contributed by atoms with Crippen molar-refractivity contribution in [2.45, 2.75) is 32.5 Å². The minimum atomic E-state index is -4.20. The summed E-state index contributed by atoms with van der Waals surface area (Å²) in [6.07, 6.45) is -4.35. The average Bonchev–Trinajstić information content (AvgIpc) is 2.58. The molecule has 5 nitrogen and oxygen atoms in total. The van der Waals surface area contributed by atoms with Crippen molar-refractivity contribution in [2.75, 3.05) is 33.9 Å². The van der Waals surface area contributed by atoms with Gasteiger partial charge in [-0.2, -0.15) is 13.2 Å². The van der Waals surface area contributed by atoms with Crippen LogP contribution < -0.4 is 14.8 Å². The molecule has 0 saturated heterocycles. The van der Waals surface area contributed by atoms with Crippen LogP contribution in [0.2, 0.25) is 0 Å². The molecule has 0 amide bonds. The van der Waals surface area contributed by atoms with Gasteiger partial charge in [0.2, 0.25) is 0 Å². The van der Waals surface area contributed by atoms with Crippen LogP contribution in [0, 0.1) is 0 Å². The lowest BCUT2D eigenvalue weighted by Crippen LogP contribution is -2.44. The Hall–Kier alpha value is -2.12. The number of alkyl halides is 3. The molecular formula is C17H24F3N3O2. The fourth-order valence-corrected chi connectivity index (χ4v) is 2.78. The van der Waals surface area contributed by atoms with E-state index in [1.54, 1.807) is 14.2 Å². The molecule has 0 atom stereocenters. The molecule has 25 heavy (non-hydrogen) atoms. The smallest absolute Gasteiger partial charge is 0.390 e. The van der Waals surface area contributed by atoms with Crippen LogP contribution in [0.1, 0.15) is 24.5 Å². The van der Waals surface area contributed by atoms with Gasteiger partial charge in [-0.15, -0.1) is 0 Å². The Labute approximate surface area is 145 Å². The van der Waals surface area contributed by atoms with Gasteiger partial charge in [0.25, 0.3) is 0 Å². The van der Waals surface area contributed by atoms with E-state index in [1.807, 2.05) is 24.0 Å². The molecule has 0 aromatic heterocycles. The maximum atomic E-state index is 12.4. The maximum absolute atomic E-state index is 12.4. The second-order valence-electron chi connectivity index (χ2n) is 5.75. The fraction of sp³-hybridized carbons (Fsp3) is 0.588. The third-order valence-corrected chi connectivity index (χ3v) is 4.01. The molecule has 0 saturated carbocycles. The molecule has 0 radical (unpaired) electrons. The fourth-order valence-electron chi connectivity index (χ4n) is 2.78. The van der Waals surface area contributed by atoms with E-state index in [-0.39, 0.29) is 6.54 Å². The van der Waals surface area contributed by atoms with Crippen LogP contribution in [-0.4, -0.2) is 50.9 Å². The van der Waals surface area contributed by atoms with Crippen molar-refractivity contribution in [2.24, 2.45) is 4.99 Å². The van der Waals surface area contributed by atoms with E-state index < -0.39 is 12.6 Å². The second kappa shape index (κ2) is 8.31. The predicted octanol–water partition coefficient (Wildman–Crippen LogP) is 2.98. The van der Waals surface area contributed by atoms with E-state index >= 15 is 0 Å². The van der Waals surface area contributed by atoms with Gasteiger partial charge in [-0.1, -0.05) is 0 Å². The minimum Gasteiger partial charge on any atom is -0.493 e. The SMILES string of the molecule is CCNC(=NCCC(F)(F)F)N1CCc2cc(OC)c(OC)cc2C1. The highest BCUT2D eigenvalue weighted by Crippen LogP contribution is 2.33. The first-order chi connectivity index (χ1) is 11.9. The molecule has 1 N–H and O–H groups in total. The average molecular weight is 359 g/mol. The Balaban J connectivity index is 2.16. The topological polar surface area (TPSA) is 46.1 Å². The predicted molar refractivity (Wildman–Crippen MR) is 90.3 cm³/mol. The van der Waals surface area contributed by atoms with Crippen molar-refractivity contribution in [3.8, 4) is 11.5 Å². The highest BCUT2D eigenvalue weighted by atomic mass is 19.4. The van der Waals surface area contributed by atoms with Crippen molar-refractivity contribution in [3.63, 3.8) is 0 Å². The Bertz CT molecular complexity index is 618. The van der Waals surface area contributed by atoms with Crippen molar-refractivity contribution in [1.82, 2.24) is 10.2 Å². The van der Waals surface area contributed by atoms with Crippen molar-refractivity contribution in [1.29, 1.82) is 0 Å². The van der Waals surface area contributed by atoms with Crippen LogP contribution in [-0.2, 0) is 13.0 Å². The molecule has 0 bridgehead atoms. The molecule has 1 aliphatic heterocycles. The summed E-state index contributed by atoms with van der Waals surface area (Å²) in [6.45, 7) is 3.46. The van der Waals surface area contributed by atoms with Gasteiger partial charge in [0, 0.05) is 19.6 Å². The number of hydrogen-bond donors (Lipinski definition) is 1. The summed E-state index contributed by atoms with van der Waals surface area (Å²) in [4.78, 5) is 6.09. The minimum absolute atomic E-state index is 0.277. The van der Waals surface area contributed by atoms with Crippen molar-refractivity contribution < 1.29 is 22.6 Å². The number of nitrogens with zero attached hydrogens (tertiary/aromatic N) is 2. The van der Waals surface area contributed by atoms with Gasteiger partial charge in [0.1, 0.15) is 0 Å². The molecule has 0 aliphatic carbocycles. The first kappa shape index (κ1) is 19.2. The normalized spacial score (nSPS) is 15.0. The summed E-state index contributed by atoms with van der Waals surface area (Å²) in [5.74, 6) is 1.83. The third kappa shape index (κ3) is 5.17. The van der Waals surface area contributed by atoms with Crippen LogP contribution in [0.4, 0.5) is 13.2 Å². The zero-order valence-electron chi connectivity index (χ0n) is 14.7. The summed E-state index contributed by atoms with van der Waals surface area (Å²) < 4.78 is 47.7. The number of methoxy groups -OCH3 is 2. The molecule has 2 rings (SSSR count). The second-order valence-corrected chi connectivity index (χ2v) is 5.75. The van der Waals surface area contributed by atoms with Crippen molar-refractivity contribution >= 4 is 5.96 Å². The molecule has 1 aromatic carbocycles. The number of aliphatic imine (C=N–C) groups is 1. The zero-order chi connectivity index (χ0) is 18.4. The van der Waals surface area contributed by atoms with Crippen LogP contribution >= 0.6 is 0 Å². The van der Waals surface area contributed by atoms with E-state index in [4.69, 9.17) is 9.47 Å². The number of guanidine groups is 1. The van der Waals surface area contributed by atoms with E-state index in [9.17, 15) is 13.2 Å². The number of halogens is 3. The lowest BCUT2D eigenvalue weighted by Gasteiger charge is -2.32. The largest absolute Gasteiger partial charge is 0.493 e. The van der Waals surface area contributed by atoms with Crippen LogP contribution in [0.5, 0.6) is 11.5 Å². The van der Waals surface area contributed by atoms with Gasteiger partial charge in [0.05, 0.1) is 27.2 Å². The van der Waals surface area contributed by atoms with Gasteiger partial charge >= 0.3 is 6.18 Å². The van der Waals surface area contributed by atoms with Gasteiger partial charge in [-0.25, -0.2) is 0 Å². The zero-order valence-corrected chi connectivity index (χ0v) is 14.7. The highest BCUT2D eigenvalue weighted by Gasteiger charge is 2.27.